The second-order valence-corrected chi connectivity index (χ2v) is 5.71. The fraction of sp³-hybridized carbons (Fsp3) is 0.417. The zero-order valence-electron chi connectivity index (χ0n) is 10.5. The number of imidazole rings is 1. The zero-order valence-corrected chi connectivity index (χ0v) is 11.3. The Labute approximate surface area is 114 Å². The standard InChI is InChI=1S/C12H14N4O2S/c1-7-15-8(5-19-7)3-16-4-10-9(13-6-14-10)2-11(16)12(17)18/h5-6,11H,2-4H2,1H3,(H,13,14)(H,17,18)/t11-/m0/s1. The van der Waals surface area contributed by atoms with Gasteiger partial charge < -0.3 is 10.1 Å². The smallest absolute Gasteiger partial charge is 0.321 e. The molecule has 0 radical (unpaired) electrons. The van der Waals surface area contributed by atoms with Crippen molar-refractivity contribution in [2.24, 2.45) is 0 Å². The first-order valence-electron chi connectivity index (χ1n) is 6.02. The van der Waals surface area contributed by atoms with E-state index in [2.05, 4.69) is 15.0 Å². The average Bonchev–Trinajstić information content (AvgIpc) is 2.96. The van der Waals surface area contributed by atoms with Gasteiger partial charge in [0.05, 0.1) is 28.4 Å². The molecule has 2 aromatic rings. The first-order valence-corrected chi connectivity index (χ1v) is 6.90. The van der Waals surface area contributed by atoms with E-state index in [1.807, 2.05) is 17.2 Å². The fourth-order valence-electron chi connectivity index (χ4n) is 2.39. The summed E-state index contributed by atoms with van der Waals surface area (Å²) in [6.45, 7) is 3.08. The van der Waals surface area contributed by atoms with E-state index in [1.54, 1.807) is 17.7 Å². The maximum absolute atomic E-state index is 11.4. The molecule has 0 saturated heterocycles. The number of H-pyrrole nitrogens is 1. The Morgan fingerprint density at radius 3 is 3.21 bits per heavy atom. The number of rotatable bonds is 3. The summed E-state index contributed by atoms with van der Waals surface area (Å²) < 4.78 is 0. The quantitative estimate of drug-likeness (QED) is 0.881. The number of hydrogen-bond donors (Lipinski definition) is 2. The predicted octanol–water partition coefficient (Wildman–Crippen LogP) is 1.19. The van der Waals surface area contributed by atoms with E-state index in [0.29, 0.717) is 19.5 Å². The lowest BCUT2D eigenvalue weighted by Crippen LogP contribution is -2.45. The molecule has 2 aromatic heterocycles. The lowest BCUT2D eigenvalue weighted by Gasteiger charge is -2.31. The van der Waals surface area contributed by atoms with Crippen molar-refractivity contribution < 1.29 is 9.90 Å². The van der Waals surface area contributed by atoms with E-state index in [9.17, 15) is 9.90 Å². The highest BCUT2D eigenvalue weighted by Crippen LogP contribution is 2.23. The van der Waals surface area contributed by atoms with Crippen LogP contribution in [-0.2, 0) is 24.3 Å². The summed E-state index contributed by atoms with van der Waals surface area (Å²) in [6, 6.07) is -0.530. The monoisotopic (exact) mass is 278 g/mol. The van der Waals surface area contributed by atoms with E-state index in [1.165, 1.54) is 0 Å². The van der Waals surface area contributed by atoms with Gasteiger partial charge in [-0.2, -0.15) is 0 Å². The Balaban J connectivity index is 1.84. The van der Waals surface area contributed by atoms with E-state index in [0.717, 1.165) is 22.1 Å². The Bertz CT molecular complexity index is 606. The van der Waals surface area contributed by atoms with Crippen LogP contribution < -0.4 is 0 Å². The number of aliphatic carboxylic acids is 1. The van der Waals surface area contributed by atoms with Crippen LogP contribution in [-0.4, -0.2) is 37.0 Å². The number of aromatic amines is 1. The number of nitrogens with one attached hydrogen (secondary N) is 1. The number of aromatic nitrogens is 3. The van der Waals surface area contributed by atoms with Gasteiger partial charge >= 0.3 is 5.97 Å². The van der Waals surface area contributed by atoms with Gasteiger partial charge in [0, 0.05) is 24.9 Å². The van der Waals surface area contributed by atoms with Crippen molar-refractivity contribution >= 4 is 17.3 Å². The molecule has 6 nitrogen and oxygen atoms in total. The highest BCUT2D eigenvalue weighted by molar-refractivity contribution is 7.09. The maximum Gasteiger partial charge on any atom is 0.321 e. The number of aryl methyl sites for hydroxylation is 1. The number of hydrogen-bond acceptors (Lipinski definition) is 5. The Morgan fingerprint density at radius 1 is 1.68 bits per heavy atom. The first-order chi connectivity index (χ1) is 9.13. The molecule has 0 aromatic carbocycles. The van der Waals surface area contributed by atoms with Gasteiger partial charge in [-0.1, -0.05) is 0 Å². The van der Waals surface area contributed by atoms with Gasteiger partial charge in [-0.3, -0.25) is 9.69 Å². The third kappa shape index (κ3) is 2.39. The largest absolute Gasteiger partial charge is 0.480 e. The summed E-state index contributed by atoms with van der Waals surface area (Å²) >= 11 is 1.58. The van der Waals surface area contributed by atoms with Gasteiger partial charge in [0.25, 0.3) is 0 Å². The minimum absolute atomic E-state index is 0.442. The van der Waals surface area contributed by atoms with Crippen molar-refractivity contribution in [3.8, 4) is 0 Å². The molecule has 0 bridgehead atoms. The number of thiazole rings is 1. The van der Waals surface area contributed by atoms with Crippen molar-refractivity contribution in [2.45, 2.75) is 32.5 Å². The molecule has 3 rings (SSSR count). The Kier molecular flexibility index (Phi) is 3.08. The number of nitrogens with zero attached hydrogens (tertiary/aromatic N) is 3. The molecule has 0 saturated carbocycles. The molecule has 19 heavy (non-hydrogen) atoms. The molecule has 100 valence electrons. The number of carboxylic acids is 1. The summed E-state index contributed by atoms with van der Waals surface area (Å²) in [5.74, 6) is -0.805. The van der Waals surface area contributed by atoms with Crippen LogP contribution in [0.5, 0.6) is 0 Å². The van der Waals surface area contributed by atoms with Crippen molar-refractivity contribution in [1.82, 2.24) is 19.9 Å². The van der Waals surface area contributed by atoms with Crippen LogP contribution in [0.4, 0.5) is 0 Å². The average molecular weight is 278 g/mol. The molecular formula is C12H14N4O2S. The number of carboxylic acid groups (broad SMARTS) is 1. The predicted molar refractivity (Wildman–Crippen MR) is 69.8 cm³/mol. The van der Waals surface area contributed by atoms with E-state index in [4.69, 9.17) is 0 Å². The second kappa shape index (κ2) is 4.75. The second-order valence-electron chi connectivity index (χ2n) is 4.65. The van der Waals surface area contributed by atoms with Gasteiger partial charge in [-0.25, -0.2) is 9.97 Å². The van der Waals surface area contributed by atoms with Crippen molar-refractivity contribution in [3.63, 3.8) is 0 Å². The van der Waals surface area contributed by atoms with Gasteiger partial charge in [0.15, 0.2) is 0 Å². The summed E-state index contributed by atoms with van der Waals surface area (Å²) in [5, 5.41) is 12.3. The third-order valence-electron chi connectivity index (χ3n) is 3.31. The fourth-order valence-corrected chi connectivity index (χ4v) is 2.99. The highest BCUT2D eigenvalue weighted by atomic mass is 32.1. The maximum atomic E-state index is 11.4. The molecule has 2 N–H and O–H groups in total. The zero-order chi connectivity index (χ0) is 13.4. The van der Waals surface area contributed by atoms with Crippen LogP contribution in [0.1, 0.15) is 22.1 Å². The molecular weight excluding hydrogens is 264 g/mol. The lowest BCUT2D eigenvalue weighted by molar-refractivity contribution is -0.144. The van der Waals surface area contributed by atoms with Crippen LogP contribution in [0.15, 0.2) is 11.7 Å². The van der Waals surface area contributed by atoms with Crippen molar-refractivity contribution in [3.05, 3.63) is 33.8 Å². The molecule has 1 atom stereocenters. The summed E-state index contributed by atoms with van der Waals surface area (Å²) in [4.78, 5) is 25.0. The normalized spacial score (nSPS) is 19.3. The van der Waals surface area contributed by atoms with Crippen LogP contribution >= 0.6 is 11.3 Å². The SMILES string of the molecule is Cc1nc(CN2Cc3[nH]cnc3C[C@H]2C(=O)O)cs1. The number of fused-ring (bicyclic) bond motifs is 1. The molecule has 0 fully saturated rings. The number of carbonyl (C=O) groups is 1. The van der Waals surface area contributed by atoms with Crippen molar-refractivity contribution in [1.29, 1.82) is 0 Å². The van der Waals surface area contributed by atoms with Gasteiger partial charge in [-0.15, -0.1) is 11.3 Å². The molecule has 1 aliphatic heterocycles. The molecule has 0 aliphatic carbocycles. The molecule has 0 unspecified atom stereocenters. The van der Waals surface area contributed by atoms with Crippen LogP contribution in [0.3, 0.4) is 0 Å². The van der Waals surface area contributed by atoms with Crippen LogP contribution in [0.2, 0.25) is 0 Å². The highest BCUT2D eigenvalue weighted by Gasteiger charge is 2.33. The third-order valence-corrected chi connectivity index (χ3v) is 4.14. The van der Waals surface area contributed by atoms with E-state index in [-0.39, 0.29) is 0 Å². The summed E-state index contributed by atoms with van der Waals surface area (Å²) in [5.41, 5.74) is 2.79. The lowest BCUT2D eigenvalue weighted by atomic mass is 10.0. The Morgan fingerprint density at radius 2 is 2.53 bits per heavy atom. The summed E-state index contributed by atoms with van der Waals surface area (Å²) in [7, 11) is 0. The molecule has 7 heteroatoms. The minimum Gasteiger partial charge on any atom is -0.480 e. The Hall–Kier alpha value is -1.73. The van der Waals surface area contributed by atoms with Crippen LogP contribution in [0, 0.1) is 6.92 Å². The van der Waals surface area contributed by atoms with Gasteiger partial charge in [-0.05, 0) is 6.92 Å². The van der Waals surface area contributed by atoms with Crippen molar-refractivity contribution in [2.75, 3.05) is 0 Å². The molecule has 1 aliphatic rings. The van der Waals surface area contributed by atoms with E-state index >= 15 is 0 Å². The first kappa shape index (κ1) is 12.3. The molecule has 3 heterocycles. The topological polar surface area (TPSA) is 82.1 Å². The molecule has 0 amide bonds. The molecule has 0 spiro atoms. The minimum atomic E-state index is -0.805. The van der Waals surface area contributed by atoms with E-state index < -0.39 is 12.0 Å². The van der Waals surface area contributed by atoms with Gasteiger partial charge in [0.1, 0.15) is 6.04 Å². The van der Waals surface area contributed by atoms with Gasteiger partial charge in [0.2, 0.25) is 0 Å². The van der Waals surface area contributed by atoms with Crippen LogP contribution in [0.25, 0.3) is 0 Å². The summed E-state index contributed by atoms with van der Waals surface area (Å²) in [6.07, 6.45) is 2.07.